The first-order valence-electron chi connectivity index (χ1n) is 12.9. The maximum atomic E-state index is 13.9. The van der Waals surface area contributed by atoms with Gasteiger partial charge in [-0.25, -0.2) is 9.67 Å². The fourth-order valence-corrected chi connectivity index (χ4v) is 5.11. The van der Waals surface area contributed by atoms with Crippen LogP contribution in [-0.4, -0.2) is 49.7 Å². The molecular formula is C27H38N6O. The fourth-order valence-electron chi connectivity index (χ4n) is 5.11. The molecule has 7 nitrogen and oxygen atoms in total. The molecule has 182 valence electrons. The Morgan fingerprint density at radius 2 is 1.97 bits per heavy atom. The van der Waals surface area contributed by atoms with Crippen molar-refractivity contribution in [3.8, 4) is 0 Å². The average molecular weight is 463 g/mol. The first kappa shape index (κ1) is 24.2. The molecule has 1 N–H and O–H groups in total. The zero-order chi connectivity index (χ0) is 23.9. The Bertz CT molecular complexity index is 1070. The molecule has 0 aliphatic heterocycles. The van der Waals surface area contributed by atoms with Crippen LogP contribution in [0.5, 0.6) is 0 Å². The summed E-state index contributed by atoms with van der Waals surface area (Å²) < 4.78 is 1.89. The maximum Gasteiger partial charge on any atom is 0.257 e. The molecule has 34 heavy (non-hydrogen) atoms. The van der Waals surface area contributed by atoms with E-state index in [-0.39, 0.29) is 11.9 Å². The van der Waals surface area contributed by atoms with Gasteiger partial charge in [-0.15, -0.1) is 0 Å². The topological polar surface area (TPSA) is 75.9 Å². The molecule has 0 aromatic carbocycles. The molecule has 1 amide bonds. The van der Waals surface area contributed by atoms with Gasteiger partial charge in [0.15, 0.2) is 5.65 Å². The highest BCUT2D eigenvalue weighted by atomic mass is 16.2. The molecule has 1 atom stereocenters. The van der Waals surface area contributed by atoms with Crippen LogP contribution in [0.1, 0.15) is 75.3 Å². The molecule has 0 spiro atoms. The molecule has 0 radical (unpaired) electrons. The van der Waals surface area contributed by atoms with E-state index < -0.39 is 0 Å². The van der Waals surface area contributed by atoms with Gasteiger partial charge in [0.2, 0.25) is 0 Å². The Balaban J connectivity index is 1.64. The largest absolute Gasteiger partial charge is 0.381 e. The van der Waals surface area contributed by atoms with E-state index in [1.807, 2.05) is 34.0 Å². The van der Waals surface area contributed by atoms with Gasteiger partial charge >= 0.3 is 0 Å². The van der Waals surface area contributed by atoms with Gasteiger partial charge in [0, 0.05) is 50.2 Å². The predicted molar refractivity (Wildman–Crippen MR) is 137 cm³/mol. The summed E-state index contributed by atoms with van der Waals surface area (Å²) in [5.41, 5.74) is 3.35. The van der Waals surface area contributed by atoms with Crippen LogP contribution in [0.15, 0.2) is 36.8 Å². The SMILES string of the molecule is CCCN(CCc1ccccn1)C(=O)c1cnc2c(cnn2CC)c1N[C@H](C)C1CCCCC1. The van der Waals surface area contributed by atoms with Crippen LogP contribution in [0.25, 0.3) is 11.0 Å². The third-order valence-electron chi connectivity index (χ3n) is 7.07. The van der Waals surface area contributed by atoms with Gasteiger partial charge in [-0.2, -0.15) is 5.10 Å². The van der Waals surface area contributed by atoms with Crippen LogP contribution in [0.2, 0.25) is 0 Å². The van der Waals surface area contributed by atoms with E-state index in [4.69, 9.17) is 0 Å². The highest BCUT2D eigenvalue weighted by molar-refractivity contribution is 6.06. The van der Waals surface area contributed by atoms with E-state index in [2.05, 4.69) is 41.2 Å². The number of nitrogens with one attached hydrogen (secondary N) is 1. The van der Waals surface area contributed by atoms with E-state index in [0.717, 1.165) is 41.8 Å². The fraction of sp³-hybridized carbons (Fsp3) is 0.556. The van der Waals surface area contributed by atoms with Crippen molar-refractivity contribution < 1.29 is 4.79 Å². The Kier molecular flexibility index (Phi) is 8.14. The van der Waals surface area contributed by atoms with Gasteiger partial charge in [0.05, 0.1) is 22.8 Å². The molecule has 3 aromatic heterocycles. The van der Waals surface area contributed by atoms with Crippen LogP contribution < -0.4 is 5.32 Å². The number of hydrogen-bond donors (Lipinski definition) is 1. The molecule has 0 unspecified atom stereocenters. The summed E-state index contributed by atoms with van der Waals surface area (Å²) in [6.45, 7) is 8.51. The lowest BCUT2D eigenvalue weighted by molar-refractivity contribution is 0.0757. The minimum Gasteiger partial charge on any atom is -0.381 e. The van der Waals surface area contributed by atoms with E-state index in [0.29, 0.717) is 24.6 Å². The second kappa shape index (κ2) is 11.4. The van der Waals surface area contributed by atoms with Crippen molar-refractivity contribution in [2.75, 3.05) is 18.4 Å². The van der Waals surface area contributed by atoms with Crippen molar-refractivity contribution in [3.63, 3.8) is 0 Å². The van der Waals surface area contributed by atoms with Crippen LogP contribution in [0, 0.1) is 5.92 Å². The monoisotopic (exact) mass is 462 g/mol. The summed E-state index contributed by atoms with van der Waals surface area (Å²) in [5, 5.41) is 9.22. The lowest BCUT2D eigenvalue weighted by Crippen LogP contribution is -2.35. The standard InChI is InChI=1S/C27H38N6O/c1-4-16-32(17-14-22-13-9-10-15-28-22)27(34)24-18-29-26-23(19-30-33(26)5-2)25(24)31-20(3)21-11-7-6-8-12-21/h9-10,13,15,18-21H,4-8,11-12,14,16-17H2,1-3H3,(H,29,31)/t20-/m1/s1. The number of amides is 1. The minimum atomic E-state index is 0.0229. The summed E-state index contributed by atoms with van der Waals surface area (Å²) in [6.07, 6.45) is 13.4. The number of pyridine rings is 2. The summed E-state index contributed by atoms with van der Waals surface area (Å²) in [7, 11) is 0. The first-order valence-corrected chi connectivity index (χ1v) is 12.9. The van der Waals surface area contributed by atoms with Gasteiger partial charge in [-0.05, 0) is 51.2 Å². The van der Waals surface area contributed by atoms with Gasteiger partial charge in [-0.3, -0.25) is 9.78 Å². The number of hydrogen-bond acceptors (Lipinski definition) is 5. The Morgan fingerprint density at radius 3 is 2.68 bits per heavy atom. The number of aromatic nitrogens is 4. The molecule has 1 aliphatic rings. The zero-order valence-corrected chi connectivity index (χ0v) is 20.8. The predicted octanol–water partition coefficient (Wildman–Crippen LogP) is 5.32. The van der Waals surface area contributed by atoms with Gasteiger partial charge < -0.3 is 10.2 Å². The zero-order valence-electron chi connectivity index (χ0n) is 20.8. The number of rotatable bonds is 10. The highest BCUT2D eigenvalue weighted by Gasteiger charge is 2.26. The summed E-state index contributed by atoms with van der Waals surface area (Å²) in [6, 6.07) is 6.21. The first-order chi connectivity index (χ1) is 16.6. The summed E-state index contributed by atoms with van der Waals surface area (Å²) in [5.74, 6) is 0.645. The molecule has 0 saturated heterocycles. The Hall–Kier alpha value is -2.96. The second-order valence-electron chi connectivity index (χ2n) is 9.44. The molecular weight excluding hydrogens is 424 g/mol. The molecule has 3 heterocycles. The van der Waals surface area contributed by atoms with Crippen molar-refractivity contribution in [2.24, 2.45) is 5.92 Å². The maximum absolute atomic E-state index is 13.9. The van der Waals surface area contributed by atoms with Crippen molar-refractivity contribution in [3.05, 3.63) is 48.0 Å². The van der Waals surface area contributed by atoms with Crippen molar-refractivity contribution in [1.82, 2.24) is 24.6 Å². The molecule has 1 aliphatic carbocycles. The van der Waals surface area contributed by atoms with E-state index in [1.54, 1.807) is 12.4 Å². The third-order valence-corrected chi connectivity index (χ3v) is 7.07. The van der Waals surface area contributed by atoms with Crippen LogP contribution in [-0.2, 0) is 13.0 Å². The van der Waals surface area contributed by atoms with E-state index in [9.17, 15) is 4.79 Å². The third kappa shape index (κ3) is 5.40. The quantitative estimate of drug-likeness (QED) is 0.441. The summed E-state index contributed by atoms with van der Waals surface area (Å²) in [4.78, 5) is 24.9. The average Bonchev–Trinajstić information content (AvgIpc) is 3.31. The van der Waals surface area contributed by atoms with E-state index >= 15 is 0 Å². The second-order valence-corrected chi connectivity index (χ2v) is 9.44. The van der Waals surface area contributed by atoms with Crippen molar-refractivity contribution in [1.29, 1.82) is 0 Å². The smallest absolute Gasteiger partial charge is 0.257 e. The number of carbonyl (C=O) groups is 1. The van der Waals surface area contributed by atoms with Crippen LogP contribution in [0.4, 0.5) is 5.69 Å². The number of carbonyl (C=O) groups excluding carboxylic acids is 1. The molecule has 1 fully saturated rings. The number of aryl methyl sites for hydroxylation is 1. The van der Waals surface area contributed by atoms with Crippen LogP contribution in [0.3, 0.4) is 0 Å². The molecule has 3 aromatic rings. The molecule has 4 rings (SSSR count). The van der Waals surface area contributed by atoms with E-state index in [1.165, 1.54) is 32.1 Å². The normalized spacial score (nSPS) is 15.4. The van der Waals surface area contributed by atoms with Crippen molar-refractivity contribution in [2.45, 2.75) is 78.3 Å². The lowest BCUT2D eigenvalue weighted by atomic mass is 9.84. The minimum absolute atomic E-state index is 0.0229. The Morgan fingerprint density at radius 1 is 1.15 bits per heavy atom. The van der Waals surface area contributed by atoms with Gasteiger partial charge in [0.1, 0.15) is 0 Å². The van der Waals surface area contributed by atoms with Crippen molar-refractivity contribution >= 4 is 22.6 Å². The lowest BCUT2D eigenvalue weighted by Gasteiger charge is -2.30. The van der Waals surface area contributed by atoms with Crippen LogP contribution >= 0.6 is 0 Å². The molecule has 7 heteroatoms. The molecule has 1 saturated carbocycles. The number of anilines is 1. The Labute approximate surface area is 203 Å². The molecule has 0 bridgehead atoms. The van der Waals surface area contributed by atoms with Gasteiger partial charge in [0.25, 0.3) is 5.91 Å². The summed E-state index contributed by atoms with van der Waals surface area (Å²) >= 11 is 0. The highest BCUT2D eigenvalue weighted by Crippen LogP contribution is 2.32. The number of nitrogens with zero attached hydrogens (tertiary/aromatic N) is 5. The number of fused-ring (bicyclic) bond motifs is 1. The van der Waals surface area contributed by atoms with Gasteiger partial charge in [-0.1, -0.05) is 32.3 Å².